The molecule has 0 amide bonds. The first kappa shape index (κ1) is 24.0. The van der Waals surface area contributed by atoms with Crippen LogP contribution in [-0.2, 0) is 13.6 Å². The first-order valence-electron chi connectivity index (χ1n) is 9.41. The predicted molar refractivity (Wildman–Crippen MR) is 93.7 cm³/mol. The van der Waals surface area contributed by atoms with Crippen LogP contribution in [0.4, 0.5) is 0 Å². The van der Waals surface area contributed by atoms with Crippen LogP contribution in [0.25, 0.3) is 0 Å². The standard InChI is InChI=1S/C17H37O6P/c1-2-3-4-5-6-7-8-9-10-11-12-13-14-22-24(20,21)23-16-17(19)15-18/h17-19H,2-16H2,1H3,(H,20,21)/p-1. The molecule has 0 bridgehead atoms. The first-order valence-corrected chi connectivity index (χ1v) is 10.9. The van der Waals surface area contributed by atoms with Crippen molar-refractivity contribution in [2.75, 3.05) is 19.8 Å². The fourth-order valence-corrected chi connectivity index (χ4v) is 3.17. The lowest BCUT2D eigenvalue weighted by Crippen LogP contribution is -2.21. The van der Waals surface area contributed by atoms with Crippen LogP contribution in [0.1, 0.15) is 84.0 Å². The Morgan fingerprint density at radius 3 is 1.79 bits per heavy atom. The zero-order valence-corrected chi connectivity index (χ0v) is 16.1. The number of aliphatic hydroxyl groups is 2. The van der Waals surface area contributed by atoms with Crippen molar-refractivity contribution in [1.29, 1.82) is 0 Å². The van der Waals surface area contributed by atoms with E-state index in [1.807, 2.05) is 0 Å². The van der Waals surface area contributed by atoms with Gasteiger partial charge in [0.2, 0.25) is 0 Å². The highest BCUT2D eigenvalue weighted by Gasteiger charge is 2.12. The molecule has 0 aromatic heterocycles. The fraction of sp³-hybridized carbons (Fsp3) is 1.00. The topological polar surface area (TPSA) is 99.1 Å². The summed E-state index contributed by atoms with van der Waals surface area (Å²) in [5.41, 5.74) is 0. The Morgan fingerprint density at radius 2 is 1.33 bits per heavy atom. The summed E-state index contributed by atoms with van der Waals surface area (Å²) in [6.07, 6.45) is 13.3. The molecule has 0 radical (unpaired) electrons. The van der Waals surface area contributed by atoms with E-state index in [2.05, 4.69) is 11.4 Å². The van der Waals surface area contributed by atoms with Gasteiger partial charge in [-0.05, 0) is 6.42 Å². The van der Waals surface area contributed by atoms with Crippen molar-refractivity contribution in [2.45, 2.75) is 90.1 Å². The largest absolute Gasteiger partial charge is 0.756 e. The summed E-state index contributed by atoms with van der Waals surface area (Å²) in [6.45, 7) is 1.32. The first-order chi connectivity index (χ1) is 11.5. The number of hydrogen-bond donors (Lipinski definition) is 2. The maximum Gasteiger partial charge on any atom is 0.267 e. The highest BCUT2D eigenvalue weighted by molar-refractivity contribution is 7.45. The minimum absolute atomic E-state index is 0.105. The van der Waals surface area contributed by atoms with Crippen LogP contribution in [0.2, 0.25) is 0 Å². The molecule has 0 aliphatic carbocycles. The lowest BCUT2D eigenvalue weighted by atomic mass is 10.1. The van der Waals surface area contributed by atoms with Gasteiger partial charge in [-0.3, -0.25) is 4.57 Å². The second kappa shape index (κ2) is 16.5. The number of phosphoric ester groups is 1. The molecule has 0 aliphatic rings. The molecule has 0 aromatic carbocycles. The van der Waals surface area contributed by atoms with Gasteiger partial charge in [0.05, 0.1) is 19.8 Å². The Hall–Kier alpha value is 0.0300. The summed E-state index contributed by atoms with van der Waals surface area (Å²) >= 11 is 0. The number of rotatable bonds is 18. The van der Waals surface area contributed by atoms with Gasteiger partial charge in [-0.15, -0.1) is 0 Å². The van der Waals surface area contributed by atoms with Gasteiger partial charge in [0.15, 0.2) is 0 Å². The molecule has 2 unspecified atom stereocenters. The second-order valence-corrected chi connectivity index (χ2v) is 7.71. The molecule has 6 nitrogen and oxygen atoms in total. The SMILES string of the molecule is CCCCCCCCCCCCCCOP(=O)([O-])OCC(O)CO. The molecule has 146 valence electrons. The zero-order valence-electron chi connectivity index (χ0n) is 15.2. The van der Waals surface area contributed by atoms with Crippen LogP contribution in [0, 0.1) is 0 Å². The van der Waals surface area contributed by atoms with Crippen molar-refractivity contribution in [3.63, 3.8) is 0 Å². The van der Waals surface area contributed by atoms with Crippen molar-refractivity contribution < 1.29 is 28.7 Å². The summed E-state index contributed by atoms with van der Waals surface area (Å²) in [5.74, 6) is 0. The van der Waals surface area contributed by atoms with E-state index in [1.165, 1.54) is 57.8 Å². The van der Waals surface area contributed by atoms with Crippen LogP contribution in [0.5, 0.6) is 0 Å². The molecule has 0 saturated heterocycles. The van der Waals surface area contributed by atoms with E-state index in [1.54, 1.807) is 0 Å². The molecule has 24 heavy (non-hydrogen) atoms. The third-order valence-electron chi connectivity index (χ3n) is 3.88. The molecule has 2 atom stereocenters. The predicted octanol–water partition coefficient (Wildman–Crippen LogP) is 3.54. The summed E-state index contributed by atoms with van der Waals surface area (Å²) in [4.78, 5) is 11.3. The molecule has 0 fully saturated rings. The monoisotopic (exact) mass is 367 g/mol. The van der Waals surface area contributed by atoms with Gasteiger partial charge < -0.3 is 24.2 Å². The number of phosphoric acid groups is 1. The number of hydrogen-bond acceptors (Lipinski definition) is 6. The van der Waals surface area contributed by atoms with Gasteiger partial charge in [-0.2, -0.15) is 0 Å². The molecule has 0 aromatic rings. The summed E-state index contributed by atoms with van der Waals surface area (Å²) in [5, 5.41) is 17.6. The van der Waals surface area contributed by atoms with E-state index >= 15 is 0 Å². The van der Waals surface area contributed by atoms with Crippen LogP contribution >= 0.6 is 7.82 Å². The van der Waals surface area contributed by atoms with Crippen molar-refractivity contribution in [3.05, 3.63) is 0 Å². The van der Waals surface area contributed by atoms with Crippen LogP contribution in [-0.4, -0.2) is 36.1 Å². The molecule has 0 rings (SSSR count). The number of unbranched alkanes of at least 4 members (excludes halogenated alkanes) is 11. The molecule has 0 saturated carbocycles. The van der Waals surface area contributed by atoms with Crippen LogP contribution in [0.15, 0.2) is 0 Å². The average molecular weight is 367 g/mol. The van der Waals surface area contributed by atoms with E-state index in [9.17, 15) is 9.46 Å². The molecule has 0 heterocycles. The van der Waals surface area contributed by atoms with Crippen molar-refractivity contribution in [3.8, 4) is 0 Å². The Morgan fingerprint density at radius 1 is 0.875 bits per heavy atom. The van der Waals surface area contributed by atoms with Crippen LogP contribution in [0.3, 0.4) is 0 Å². The Bertz CT molecular complexity index is 313. The minimum Gasteiger partial charge on any atom is -0.756 e. The Kier molecular flexibility index (Phi) is 16.5. The normalized spacial score (nSPS) is 15.3. The smallest absolute Gasteiger partial charge is 0.267 e. The summed E-state index contributed by atoms with van der Waals surface area (Å²) in [6, 6.07) is 0. The molecular formula is C17H36O6P-. The highest BCUT2D eigenvalue weighted by Crippen LogP contribution is 2.38. The molecule has 2 N–H and O–H groups in total. The Balaban J connectivity index is 3.31. The molecule has 0 spiro atoms. The van der Waals surface area contributed by atoms with Crippen molar-refractivity contribution >= 4 is 7.82 Å². The average Bonchev–Trinajstić information content (AvgIpc) is 2.57. The van der Waals surface area contributed by atoms with Gasteiger partial charge >= 0.3 is 0 Å². The molecule has 0 aliphatic heterocycles. The van der Waals surface area contributed by atoms with Gasteiger partial charge in [0.25, 0.3) is 7.82 Å². The highest BCUT2D eigenvalue weighted by atomic mass is 31.2. The molecular weight excluding hydrogens is 331 g/mol. The van der Waals surface area contributed by atoms with Gasteiger partial charge in [-0.1, -0.05) is 77.6 Å². The third kappa shape index (κ3) is 16.9. The van der Waals surface area contributed by atoms with E-state index in [4.69, 9.17) is 14.7 Å². The van der Waals surface area contributed by atoms with E-state index < -0.39 is 27.1 Å². The molecule has 7 heteroatoms. The Labute approximate surface area is 147 Å². The zero-order chi connectivity index (χ0) is 18.1. The van der Waals surface area contributed by atoms with Gasteiger partial charge in [0, 0.05) is 0 Å². The van der Waals surface area contributed by atoms with Crippen LogP contribution < -0.4 is 4.89 Å². The summed E-state index contributed by atoms with van der Waals surface area (Å²) in [7, 11) is -4.36. The lowest BCUT2D eigenvalue weighted by Gasteiger charge is -2.23. The van der Waals surface area contributed by atoms with E-state index in [0.717, 1.165) is 12.8 Å². The van der Waals surface area contributed by atoms with Gasteiger partial charge in [0.1, 0.15) is 6.10 Å². The second-order valence-electron chi connectivity index (χ2n) is 6.30. The quantitative estimate of drug-likeness (QED) is 0.284. The summed E-state index contributed by atoms with van der Waals surface area (Å²) < 4.78 is 20.5. The van der Waals surface area contributed by atoms with Crippen molar-refractivity contribution in [1.82, 2.24) is 0 Å². The third-order valence-corrected chi connectivity index (χ3v) is 4.85. The minimum atomic E-state index is -4.36. The van der Waals surface area contributed by atoms with Gasteiger partial charge in [-0.25, -0.2) is 0 Å². The van der Waals surface area contributed by atoms with Crippen molar-refractivity contribution in [2.24, 2.45) is 0 Å². The number of aliphatic hydroxyl groups excluding tert-OH is 2. The maximum absolute atomic E-state index is 11.3. The van der Waals surface area contributed by atoms with E-state index in [0.29, 0.717) is 6.42 Å². The maximum atomic E-state index is 11.3. The fourth-order valence-electron chi connectivity index (χ4n) is 2.39. The van der Waals surface area contributed by atoms with E-state index in [-0.39, 0.29) is 6.61 Å². The lowest BCUT2D eigenvalue weighted by molar-refractivity contribution is -0.227.